The predicted octanol–water partition coefficient (Wildman–Crippen LogP) is 3.60. The first-order chi connectivity index (χ1) is 7.22. The lowest BCUT2D eigenvalue weighted by atomic mass is 9.82. The molecule has 0 aromatic carbocycles. The van der Waals surface area contributed by atoms with Gasteiger partial charge in [0.2, 0.25) is 0 Å². The smallest absolute Gasteiger partial charge is 0.00427 e. The van der Waals surface area contributed by atoms with Crippen LogP contribution in [0.25, 0.3) is 0 Å². The van der Waals surface area contributed by atoms with Gasteiger partial charge in [0.05, 0.1) is 0 Å². The van der Waals surface area contributed by atoms with E-state index >= 15 is 0 Å². The van der Waals surface area contributed by atoms with Crippen LogP contribution in [0.1, 0.15) is 51.9 Å². The van der Waals surface area contributed by atoms with Gasteiger partial charge in [0, 0.05) is 6.54 Å². The second kappa shape index (κ2) is 6.80. The van der Waals surface area contributed by atoms with Crippen LogP contribution >= 0.6 is 12.6 Å². The van der Waals surface area contributed by atoms with E-state index < -0.39 is 0 Å². The van der Waals surface area contributed by atoms with Gasteiger partial charge in [0.1, 0.15) is 0 Å². The van der Waals surface area contributed by atoms with Gasteiger partial charge in [0.15, 0.2) is 0 Å². The van der Waals surface area contributed by atoms with Gasteiger partial charge in [0.25, 0.3) is 0 Å². The minimum atomic E-state index is 0.517. The van der Waals surface area contributed by atoms with Crippen LogP contribution in [0.5, 0.6) is 0 Å². The molecule has 15 heavy (non-hydrogen) atoms. The molecule has 90 valence electrons. The van der Waals surface area contributed by atoms with E-state index in [-0.39, 0.29) is 0 Å². The molecule has 1 saturated carbocycles. The summed E-state index contributed by atoms with van der Waals surface area (Å²) in [6, 6.07) is 0. The zero-order chi connectivity index (χ0) is 11.1. The van der Waals surface area contributed by atoms with Crippen molar-refractivity contribution in [3.8, 4) is 0 Å². The maximum absolute atomic E-state index is 4.61. The Morgan fingerprint density at radius 2 is 1.73 bits per heavy atom. The van der Waals surface area contributed by atoms with Crippen LogP contribution in [-0.2, 0) is 0 Å². The third-order valence-electron chi connectivity index (χ3n) is 3.71. The third-order valence-corrected chi connectivity index (χ3v) is 4.38. The summed E-state index contributed by atoms with van der Waals surface area (Å²) in [5.74, 6) is 1.07. The van der Waals surface area contributed by atoms with Gasteiger partial charge in [-0.2, -0.15) is 12.6 Å². The molecule has 1 nitrogen and oxygen atoms in total. The van der Waals surface area contributed by atoms with Crippen molar-refractivity contribution in [1.82, 2.24) is 4.90 Å². The first kappa shape index (κ1) is 13.4. The Kier molecular flexibility index (Phi) is 6.06. The van der Waals surface area contributed by atoms with Gasteiger partial charge < -0.3 is 4.90 Å². The summed E-state index contributed by atoms with van der Waals surface area (Å²) in [5, 5.41) is 0. The molecule has 0 N–H and O–H groups in total. The summed E-state index contributed by atoms with van der Waals surface area (Å²) in [6.07, 6.45) is 9.76. The Balaban J connectivity index is 2.49. The molecule has 0 heterocycles. The highest BCUT2D eigenvalue weighted by atomic mass is 32.1. The van der Waals surface area contributed by atoms with E-state index in [1.807, 2.05) is 0 Å². The Hall–Kier alpha value is 0.310. The maximum Gasteiger partial charge on any atom is 0.00427 e. The fourth-order valence-electron chi connectivity index (χ4n) is 2.88. The van der Waals surface area contributed by atoms with Crippen LogP contribution in [0.4, 0.5) is 0 Å². The molecule has 0 unspecified atom stereocenters. The third kappa shape index (κ3) is 4.36. The quantitative estimate of drug-likeness (QED) is 0.557. The summed E-state index contributed by atoms with van der Waals surface area (Å²) in [6.45, 7) is 4.75. The molecule has 0 aromatic heterocycles. The number of thiol groups is 1. The van der Waals surface area contributed by atoms with E-state index in [4.69, 9.17) is 0 Å². The fourth-order valence-corrected chi connectivity index (χ4v) is 3.29. The van der Waals surface area contributed by atoms with Gasteiger partial charge in [-0.3, -0.25) is 0 Å². The molecule has 0 saturated heterocycles. The lowest BCUT2D eigenvalue weighted by Crippen LogP contribution is -2.37. The van der Waals surface area contributed by atoms with E-state index in [0.29, 0.717) is 5.41 Å². The molecular formula is C13H27NS. The van der Waals surface area contributed by atoms with Crippen molar-refractivity contribution in [3.63, 3.8) is 0 Å². The van der Waals surface area contributed by atoms with Crippen LogP contribution in [0.3, 0.4) is 0 Å². The zero-order valence-electron chi connectivity index (χ0n) is 10.5. The molecule has 1 rings (SSSR count). The van der Waals surface area contributed by atoms with E-state index in [1.165, 1.54) is 58.0 Å². The predicted molar refractivity (Wildman–Crippen MR) is 71.8 cm³/mol. The molecule has 0 atom stereocenters. The molecule has 0 bridgehead atoms. The van der Waals surface area contributed by atoms with Crippen LogP contribution in [0.15, 0.2) is 0 Å². The van der Waals surface area contributed by atoms with Gasteiger partial charge in [-0.15, -0.1) is 0 Å². The topological polar surface area (TPSA) is 3.24 Å². The molecule has 2 heteroatoms. The maximum atomic E-state index is 4.61. The van der Waals surface area contributed by atoms with Crippen LogP contribution < -0.4 is 0 Å². The zero-order valence-corrected chi connectivity index (χ0v) is 11.4. The molecule has 1 aliphatic carbocycles. The molecule has 0 aromatic rings. The van der Waals surface area contributed by atoms with Gasteiger partial charge in [-0.25, -0.2) is 0 Å². The van der Waals surface area contributed by atoms with Crippen molar-refractivity contribution in [1.29, 1.82) is 0 Å². The van der Waals surface area contributed by atoms with E-state index in [2.05, 4.69) is 31.5 Å². The highest BCUT2D eigenvalue weighted by molar-refractivity contribution is 7.80. The minimum Gasteiger partial charge on any atom is -0.306 e. The Morgan fingerprint density at radius 1 is 1.13 bits per heavy atom. The minimum absolute atomic E-state index is 0.517. The molecule has 0 spiro atoms. The Bertz CT molecular complexity index is 162. The van der Waals surface area contributed by atoms with Crippen molar-refractivity contribution in [2.45, 2.75) is 51.9 Å². The summed E-state index contributed by atoms with van der Waals surface area (Å²) in [5.41, 5.74) is 0.517. The number of hydrogen-bond donors (Lipinski definition) is 1. The Morgan fingerprint density at radius 3 is 2.20 bits per heavy atom. The normalized spacial score (nSPS) is 21.6. The van der Waals surface area contributed by atoms with E-state index in [9.17, 15) is 0 Å². The molecular weight excluding hydrogens is 202 g/mol. The average molecular weight is 229 g/mol. The van der Waals surface area contributed by atoms with Crippen LogP contribution in [0, 0.1) is 5.41 Å². The average Bonchev–Trinajstić information content (AvgIpc) is 2.44. The second-order valence-electron chi connectivity index (χ2n) is 5.31. The molecule has 1 fully saturated rings. The van der Waals surface area contributed by atoms with Gasteiger partial charge in [-0.1, -0.05) is 32.6 Å². The Labute approximate surface area is 101 Å². The van der Waals surface area contributed by atoms with Crippen molar-refractivity contribution in [2.75, 3.05) is 25.9 Å². The van der Waals surface area contributed by atoms with Crippen LogP contribution in [-0.4, -0.2) is 30.8 Å². The fraction of sp³-hybridized carbons (Fsp3) is 1.00. The first-order valence-electron chi connectivity index (χ1n) is 6.52. The van der Waals surface area contributed by atoms with Crippen LogP contribution in [0.2, 0.25) is 0 Å². The molecule has 0 aliphatic heterocycles. The second-order valence-corrected chi connectivity index (χ2v) is 5.63. The first-order valence-corrected chi connectivity index (χ1v) is 7.15. The highest BCUT2D eigenvalue weighted by Crippen LogP contribution is 2.36. The number of rotatable bonds is 5. The number of nitrogens with zero attached hydrogens (tertiary/aromatic N) is 1. The highest BCUT2D eigenvalue weighted by Gasteiger charge is 2.30. The van der Waals surface area contributed by atoms with E-state index in [1.54, 1.807) is 0 Å². The summed E-state index contributed by atoms with van der Waals surface area (Å²) in [4.78, 5) is 2.50. The largest absolute Gasteiger partial charge is 0.306 e. The molecule has 0 amide bonds. The van der Waals surface area contributed by atoms with E-state index in [0.717, 1.165) is 5.75 Å². The van der Waals surface area contributed by atoms with Gasteiger partial charge in [-0.05, 0) is 44.0 Å². The number of hydrogen-bond acceptors (Lipinski definition) is 2. The van der Waals surface area contributed by atoms with Crippen molar-refractivity contribution in [2.24, 2.45) is 5.41 Å². The molecule has 1 aliphatic rings. The van der Waals surface area contributed by atoms with Crippen molar-refractivity contribution < 1.29 is 0 Å². The lowest BCUT2D eigenvalue weighted by Gasteiger charge is -2.35. The standard InChI is InChI=1S/C13H27NS/c1-3-10-14(2)11-13(12-15)8-6-4-5-7-9-13/h15H,3-12H2,1-2H3. The van der Waals surface area contributed by atoms with Crippen molar-refractivity contribution in [3.05, 3.63) is 0 Å². The van der Waals surface area contributed by atoms with Gasteiger partial charge >= 0.3 is 0 Å². The summed E-state index contributed by atoms with van der Waals surface area (Å²) >= 11 is 4.61. The molecule has 0 radical (unpaired) electrons. The summed E-state index contributed by atoms with van der Waals surface area (Å²) in [7, 11) is 2.26. The van der Waals surface area contributed by atoms with Crippen molar-refractivity contribution >= 4 is 12.6 Å². The summed E-state index contributed by atoms with van der Waals surface area (Å²) < 4.78 is 0. The monoisotopic (exact) mass is 229 g/mol. The lowest BCUT2D eigenvalue weighted by molar-refractivity contribution is 0.175. The SMILES string of the molecule is CCCN(C)CC1(CS)CCCCCC1.